The fourth-order valence-corrected chi connectivity index (χ4v) is 2.96. The standard InChI is InChI=1S/C19H18ClNO3/c1-11-15(20)6-4-7-16(11)21-19(23)12(2)24-18-8-3-5-13-14(18)9-10-17(13)22/h3-8,12H,9-10H2,1-2H3,(H,21,23)/t12-/m1/s1. The Balaban J connectivity index is 1.74. The number of fused-ring (bicyclic) bond motifs is 1. The normalized spacial score (nSPS) is 14.2. The van der Waals surface area contributed by atoms with Gasteiger partial charge in [0.1, 0.15) is 5.75 Å². The number of ketones is 1. The lowest BCUT2D eigenvalue weighted by atomic mass is 10.1. The summed E-state index contributed by atoms with van der Waals surface area (Å²) in [6.45, 7) is 3.53. The largest absolute Gasteiger partial charge is 0.481 e. The number of carbonyl (C=O) groups is 2. The van der Waals surface area contributed by atoms with Crippen molar-refractivity contribution in [2.24, 2.45) is 0 Å². The first-order chi connectivity index (χ1) is 11.5. The third kappa shape index (κ3) is 3.15. The average molecular weight is 344 g/mol. The van der Waals surface area contributed by atoms with Crippen molar-refractivity contribution in [1.82, 2.24) is 0 Å². The molecule has 2 aromatic rings. The van der Waals surface area contributed by atoms with Gasteiger partial charge in [0.25, 0.3) is 5.91 Å². The molecule has 2 aromatic carbocycles. The first-order valence-electron chi connectivity index (χ1n) is 7.85. The first kappa shape index (κ1) is 16.5. The number of Topliss-reactive ketones (excluding diaryl/α,β-unsaturated/α-hetero) is 1. The second-order valence-corrected chi connectivity index (χ2v) is 6.27. The number of rotatable bonds is 4. The minimum Gasteiger partial charge on any atom is -0.481 e. The van der Waals surface area contributed by atoms with Crippen molar-refractivity contribution in [2.75, 3.05) is 5.32 Å². The third-order valence-corrected chi connectivity index (χ3v) is 4.64. The Hall–Kier alpha value is -2.33. The summed E-state index contributed by atoms with van der Waals surface area (Å²) in [6.07, 6.45) is 0.468. The van der Waals surface area contributed by atoms with Gasteiger partial charge in [0.05, 0.1) is 0 Å². The van der Waals surface area contributed by atoms with Gasteiger partial charge in [0, 0.05) is 28.3 Å². The van der Waals surface area contributed by atoms with Gasteiger partial charge in [-0.1, -0.05) is 29.8 Å². The molecule has 0 fully saturated rings. The summed E-state index contributed by atoms with van der Waals surface area (Å²) >= 11 is 6.07. The molecule has 0 radical (unpaired) electrons. The second kappa shape index (κ2) is 6.65. The molecular weight excluding hydrogens is 326 g/mol. The highest BCUT2D eigenvalue weighted by Crippen LogP contribution is 2.31. The summed E-state index contributed by atoms with van der Waals surface area (Å²) in [7, 11) is 0. The fraction of sp³-hybridized carbons (Fsp3) is 0.263. The monoisotopic (exact) mass is 343 g/mol. The maximum absolute atomic E-state index is 12.4. The molecule has 1 atom stereocenters. The molecule has 5 heteroatoms. The Morgan fingerprint density at radius 3 is 2.75 bits per heavy atom. The van der Waals surface area contributed by atoms with E-state index in [1.165, 1.54) is 0 Å². The molecule has 0 saturated heterocycles. The van der Waals surface area contributed by atoms with Gasteiger partial charge >= 0.3 is 0 Å². The van der Waals surface area contributed by atoms with E-state index in [0.29, 0.717) is 34.9 Å². The Bertz CT molecular complexity index is 816. The number of hydrogen-bond acceptors (Lipinski definition) is 3. The number of nitrogens with one attached hydrogen (secondary N) is 1. The summed E-state index contributed by atoms with van der Waals surface area (Å²) in [5.41, 5.74) is 3.06. The van der Waals surface area contributed by atoms with E-state index in [1.807, 2.05) is 6.92 Å². The summed E-state index contributed by atoms with van der Waals surface area (Å²) in [4.78, 5) is 24.2. The zero-order chi connectivity index (χ0) is 17.3. The van der Waals surface area contributed by atoms with Gasteiger partial charge < -0.3 is 10.1 Å². The zero-order valence-electron chi connectivity index (χ0n) is 13.6. The Morgan fingerprint density at radius 2 is 1.96 bits per heavy atom. The van der Waals surface area contributed by atoms with Gasteiger partial charge in [0.2, 0.25) is 0 Å². The van der Waals surface area contributed by atoms with Crippen molar-refractivity contribution in [2.45, 2.75) is 32.8 Å². The molecule has 0 spiro atoms. The van der Waals surface area contributed by atoms with Crippen molar-refractivity contribution < 1.29 is 14.3 Å². The third-order valence-electron chi connectivity index (χ3n) is 4.23. The minimum absolute atomic E-state index is 0.127. The van der Waals surface area contributed by atoms with Crippen LogP contribution >= 0.6 is 11.6 Å². The van der Waals surface area contributed by atoms with Crippen molar-refractivity contribution >= 4 is 29.0 Å². The van der Waals surface area contributed by atoms with E-state index in [-0.39, 0.29) is 11.7 Å². The van der Waals surface area contributed by atoms with E-state index in [0.717, 1.165) is 11.1 Å². The highest BCUT2D eigenvalue weighted by molar-refractivity contribution is 6.31. The van der Waals surface area contributed by atoms with E-state index in [2.05, 4.69) is 5.32 Å². The van der Waals surface area contributed by atoms with Gasteiger partial charge in [-0.15, -0.1) is 0 Å². The fourth-order valence-electron chi connectivity index (χ4n) is 2.79. The molecule has 124 valence electrons. The maximum atomic E-state index is 12.4. The molecule has 1 amide bonds. The minimum atomic E-state index is -0.689. The van der Waals surface area contributed by atoms with E-state index in [9.17, 15) is 9.59 Å². The number of amides is 1. The van der Waals surface area contributed by atoms with Crippen LogP contribution in [0.15, 0.2) is 36.4 Å². The zero-order valence-corrected chi connectivity index (χ0v) is 14.3. The molecule has 3 rings (SSSR count). The van der Waals surface area contributed by atoms with Crippen LogP contribution in [0, 0.1) is 6.92 Å². The number of halogens is 1. The molecule has 1 aliphatic carbocycles. The molecule has 1 N–H and O–H groups in total. The van der Waals surface area contributed by atoms with Crippen molar-refractivity contribution in [1.29, 1.82) is 0 Å². The van der Waals surface area contributed by atoms with Crippen LogP contribution in [0.2, 0.25) is 5.02 Å². The van der Waals surface area contributed by atoms with Crippen LogP contribution in [0.4, 0.5) is 5.69 Å². The lowest BCUT2D eigenvalue weighted by Gasteiger charge is -2.18. The number of hydrogen-bond donors (Lipinski definition) is 1. The highest BCUT2D eigenvalue weighted by atomic mass is 35.5. The van der Waals surface area contributed by atoms with Crippen LogP contribution in [0.5, 0.6) is 5.75 Å². The summed E-state index contributed by atoms with van der Waals surface area (Å²) < 4.78 is 5.81. The Kier molecular flexibility index (Phi) is 4.58. The SMILES string of the molecule is Cc1c(Cl)cccc1NC(=O)[C@@H](C)Oc1cccc2c1CCC2=O. The maximum Gasteiger partial charge on any atom is 0.265 e. The van der Waals surface area contributed by atoms with Crippen LogP contribution in [0.1, 0.15) is 34.8 Å². The van der Waals surface area contributed by atoms with E-state index < -0.39 is 6.10 Å². The molecule has 0 unspecified atom stereocenters. The van der Waals surface area contributed by atoms with Crippen molar-refractivity contribution in [3.63, 3.8) is 0 Å². The smallest absolute Gasteiger partial charge is 0.265 e. The van der Waals surface area contributed by atoms with E-state index in [1.54, 1.807) is 43.3 Å². The molecule has 0 aromatic heterocycles. The number of benzene rings is 2. The summed E-state index contributed by atoms with van der Waals surface area (Å²) in [6, 6.07) is 10.7. The van der Waals surface area contributed by atoms with Gasteiger partial charge in [-0.25, -0.2) is 0 Å². The van der Waals surface area contributed by atoms with Gasteiger partial charge in [-0.2, -0.15) is 0 Å². The second-order valence-electron chi connectivity index (χ2n) is 5.87. The summed E-state index contributed by atoms with van der Waals surface area (Å²) in [5, 5.41) is 3.43. The van der Waals surface area contributed by atoms with Gasteiger partial charge in [-0.3, -0.25) is 9.59 Å². The molecule has 0 heterocycles. The predicted molar refractivity (Wildman–Crippen MR) is 94.0 cm³/mol. The van der Waals surface area contributed by atoms with Crippen LogP contribution in [-0.4, -0.2) is 17.8 Å². The molecule has 0 saturated carbocycles. The number of carbonyl (C=O) groups excluding carboxylic acids is 2. The first-order valence-corrected chi connectivity index (χ1v) is 8.23. The topological polar surface area (TPSA) is 55.4 Å². The Labute approximate surface area is 145 Å². The molecule has 1 aliphatic rings. The molecule has 4 nitrogen and oxygen atoms in total. The van der Waals surface area contributed by atoms with Gasteiger partial charge in [0.15, 0.2) is 11.9 Å². The summed E-state index contributed by atoms with van der Waals surface area (Å²) in [5.74, 6) is 0.466. The van der Waals surface area contributed by atoms with Gasteiger partial charge in [-0.05, 0) is 44.0 Å². The predicted octanol–water partition coefficient (Wildman–Crippen LogP) is 4.18. The number of anilines is 1. The quantitative estimate of drug-likeness (QED) is 0.905. The van der Waals surface area contributed by atoms with Crippen LogP contribution < -0.4 is 10.1 Å². The molecule has 0 bridgehead atoms. The molecule has 24 heavy (non-hydrogen) atoms. The van der Waals surface area contributed by atoms with Crippen LogP contribution in [0.25, 0.3) is 0 Å². The lowest BCUT2D eigenvalue weighted by Crippen LogP contribution is -2.30. The molecular formula is C19H18ClNO3. The van der Waals surface area contributed by atoms with Crippen LogP contribution in [0.3, 0.4) is 0 Å². The number of ether oxygens (including phenoxy) is 1. The van der Waals surface area contributed by atoms with Crippen molar-refractivity contribution in [3.8, 4) is 5.75 Å². The van der Waals surface area contributed by atoms with Crippen molar-refractivity contribution in [3.05, 3.63) is 58.1 Å². The lowest BCUT2D eigenvalue weighted by molar-refractivity contribution is -0.122. The molecule has 0 aliphatic heterocycles. The average Bonchev–Trinajstić information content (AvgIpc) is 2.94. The Morgan fingerprint density at radius 1 is 1.21 bits per heavy atom. The van der Waals surface area contributed by atoms with E-state index in [4.69, 9.17) is 16.3 Å². The van der Waals surface area contributed by atoms with E-state index >= 15 is 0 Å². The van der Waals surface area contributed by atoms with Crippen LogP contribution in [-0.2, 0) is 11.2 Å². The highest BCUT2D eigenvalue weighted by Gasteiger charge is 2.25.